The maximum Gasteiger partial charge on any atom is 0.534 e. The fourth-order valence-corrected chi connectivity index (χ4v) is 1.69. The number of imide groups is 1. The van der Waals surface area contributed by atoms with Gasteiger partial charge in [0.25, 0.3) is 11.8 Å². The maximum absolute atomic E-state index is 12.4. The van der Waals surface area contributed by atoms with Gasteiger partial charge in [0.05, 0.1) is 5.56 Å². The molecule has 9 heteroatoms. The third-order valence-corrected chi connectivity index (χ3v) is 2.81. The van der Waals surface area contributed by atoms with Crippen LogP contribution in [0.1, 0.15) is 24.0 Å². The van der Waals surface area contributed by atoms with Gasteiger partial charge in [0.1, 0.15) is 6.61 Å². The highest BCUT2D eigenvalue weighted by Crippen LogP contribution is 2.29. The minimum atomic E-state index is -4.45. The zero-order chi connectivity index (χ0) is 16.3. The summed E-state index contributed by atoms with van der Waals surface area (Å²) in [4.78, 5) is 38.1. The molecule has 1 heterocycles. The lowest BCUT2D eigenvalue weighted by Crippen LogP contribution is -2.32. The largest absolute Gasteiger partial charge is 0.534 e. The lowest BCUT2D eigenvalue weighted by atomic mass is 10.1. The van der Waals surface area contributed by atoms with Gasteiger partial charge in [0.15, 0.2) is 0 Å². The highest BCUT2D eigenvalue weighted by molar-refractivity contribution is 6.01. The number of hydrogen-bond acceptors (Lipinski definition) is 5. The van der Waals surface area contributed by atoms with Crippen molar-refractivity contribution in [3.63, 3.8) is 0 Å². The SMILES string of the molecule is O=C(OCc1ccc(C(F)(F)F)cc1)ON1C(=O)CCC1=O. The number of carbonyl (C=O) groups excluding carboxylic acids is 3. The van der Waals surface area contributed by atoms with E-state index < -0.39 is 29.7 Å². The lowest BCUT2D eigenvalue weighted by molar-refractivity contribution is -0.177. The monoisotopic (exact) mass is 317 g/mol. The molecule has 1 saturated heterocycles. The minimum Gasteiger partial charge on any atom is -0.428 e. The number of alkyl halides is 3. The Morgan fingerprint density at radius 3 is 2.14 bits per heavy atom. The third-order valence-electron chi connectivity index (χ3n) is 2.81. The zero-order valence-electron chi connectivity index (χ0n) is 11.1. The van der Waals surface area contributed by atoms with Gasteiger partial charge >= 0.3 is 12.3 Å². The lowest BCUT2D eigenvalue weighted by Gasteiger charge is -2.12. The van der Waals surface area contributed by atoms with Crippen LogP contribution in [0.4, 0.5) is 18.0 Å². The Morgan fingerprint density at radius 2 is 1.64 bits per heavy atom. The van der Waals surface area contributed by atoms with E-state index in [1.54, 1.807) is 0 Å². The van der Waals surface area contributed by atoms with Crippen LogP contribution in [0.25, 0.3) is 0 Å². The first-order valence-corrected chi connectivity index (χ1v) is 6.14. The van der Waals surface area contributed by atoms with Gasteiger partial charge in [-0.15, -0.1) is 0 Å². The van der Waals surface area contributed by atoms with Gasteiger partial charge in [-0.05, 0) is 17.7 Å². The van der Waals surface area contributed by atoms with Crippen molar-refractivity contribution in [2.45, 2.75) is 25.6 Å². The molecule has 1 aromatic rings. The molecule has 0 radical (unpaired) electrons. The standard InChI is InChI=1S/C13H10F3NO5/c14-13(15,16)9-3-1-8(2-4-9)7-21-12(20)22-17-10(18)5-6-11(17)19/h1-4H,5-7H2. The van der Waals surface area contributed by atoms with E-state index >= 15 is 0 Å². The van der Waals surface area contributed by atoms with E-state index in [0.717, 1.165) is 24.3 Å². The Bertz CT molecular complexity index is 581. The topological polar surface area (TPSA) is 72.9 Å². The normalized spacial score (nSPS) is 15.1. The van der Waals surface area contributed by atoms with E-state index in [1.165, 1.54) is 0 Å². The van der Waals surface area contributed by atoms with E-state index in [4.69, 9.17) is 0 Å². The molecule has 0 saturated carbocycles. The van der Waals surface area contributed by atoms with Gasteiger partial charge in [0, 0.05) is 12.8 Å². The van der Waals surface area contributed by atoms with E-state index in [2.05, 4.69) is 9.57 Å². The second kappa shape index (κ2) is 6.04. The number of rotatable bonds is 3. The molecule has 1 aliphatic rings. The molecule has 2 rings (SSSR count). The van der Waals surface area contributed by atoms with Crippen molar-refractivity contribution in [3.05, 3.63) is 35.4 Å². The molecule has 0 spiro atoms. The summed E-state index contributed by atoms with van der Waals surface area (Å²) in [5.41, 5.74) is -0.531. The van der Waals surface area contributed by atoms with Crippen molar-refractivity contribution in [3.8, 4) is 0 Å². The second-order valence-electron chi connectivity index (χ2n) is 4.41. The van der Waals surface area contributed by atoms with Gasteiger partial charge in [-0.2, -0.15) is 13.2 Å². The van der Waals surface area contributed by atoms with Crippen molar-refractivity contribution < 1.29 is 37.1 Å². The number of halogens is 3. The van der Waals surface area contributed by atoms with Gasteiger partial charge in [0.2, 0.25) is 0 Å². The first-order chi connectivity index (χ1) is 10.3. The van der Waals surface area contributed by atoms with E-state index in [0.29, 0.717) is 10.6 Å². The molecule has 0 aromatic heterocycles. The van der Waals surface area contributed by atoms with Crippen LogP contribution in [0.2, 0.25) is 0 Å². The summed E-state index contributed by atoms with van der Waals surface area (Å²) in [6.07, 6.45) is -5.84. The number of nitrogens with zero attached hydrogens (tertiary/aromatic N) is 1. The quantitative estimate of drug-likeness (QED) is 0.632. The molecule has 1 aromatic carbocycles. The van der Waals surface area contributed by atoms with Gasteiger partial charge in [-0.1, -0.05) is 17.2 Å². The van der Waals surface area contributed by atoms with Crippen LogP contribution in [0.3, 0.4) is 0 Å². The smallest absolute Gasteiger partial charge is 0.428 e. The summed E-state index contributed by atoms with van der Waals surface area (Å²) in [5.74, 6) is -1.31. The molecule has 0 N–H and O–H groups in total. The summed E-state index contributed by atoms with van der Waals surface area (Å²) >= 11 is 0. The second-order valence-corrected chi connectivity index (χ2v) is 4.41. The number of carbonyl (C=O) groups is 3. The van der Waals surface area contributed by atoms with Gasteiger partial charge in [-0.3, -0.25) is 14.4 Å². The number of benzene rings is 1. The van der Waals surface area contributed by atoms with Crippen LogP contribution in [-0.4, -0.2) is 23.0 Å². The van der Waals surface area contributed by atoms with Crippen molar-refractivity contribution in [1.29, 1.82) is 0 Å². The fraction of sp³-hybridized carbons (Fsp3) is 0.308. The van der Waals surface area contributed by atoms with Crippen LogP contribution in [0, 0.1) is 0 Å². The predicted molar refractivity (Wildman–Crippen MR) is 63.8 cm³/mol. The summed E-state index contributed by atoms with van der Waals surface area (Å²) in [6.45, 7) is -0.354. The van der Waals surface area contributed by atoms with Crippen LogP contribution in [-0.2, 0) is 31.9 Å². The molecule has 118 valence electrons. The third kappa shape index (κ3) is 3.74. The molecule has 2 amide bonds. The average molecular weight is 317 g/mol. The molecule has 1 fully saturated rings. The number of hydrogen-bond donors (Lipinski definition) is 0. The Morgan fingerprint density at radius 1 is 1.09 bits per heavy atom. The number of ether oxygens (including phenoxy) is 1. The molecule has 22 heavy (non-hydrogen) atoms. The van der Waals surface area contributed by atoms with Gasteiger partial charge in [-0.25, -0.2) is 4.79 Å². The van der Waals surface area contributed by atoms with E-state index in [-0.39, 0.29) is 19.4 Å². The highest BCUT2D eigenvalue weighted by atomic mass is 19.4. The van der Waals surface area contributed by atoms with Crippen molar-refractivity contribution in [1.82, 2.24) is 5.06 Å². The van der Waals surface area contributed by atoms with E-state index in [9.17, 15) is 27.6 Å². The zero-order valence-corrected chi connectivity index (χ0v) is 11.1. The summed E-state index contributed by atoms with van der Waals surface area (Å²) in [6, 6.07) is 3.97. The fourth-order valence-electron chi connectivity index (χ4n) is 1.69. The Hall–Kier alpha value is -2.58. The molecular formula is C13H10F3NO5. The molecule has 1 aliphatic heterocycles. The van der Waals surface area contributed by atoms with Crippen LogP contribution >= 0.6 is 0 Å². The average Bonchev–Trinajstić information content (AvgIpc) is 2.76. The van der Waals surface area contributed by atoms with E-state index in [1.807, 2.05) is 0 Å². The van der Waals surface area contributed by atoms with Crippen LogP contribution in [0.5, 0.6) is 0 Å². The molecule has 0 aliphatic carbocycles. The Kier molecular flexibility index (Phi) is 4.34. The maximum atomic E-state index is 12.4. The number of hydroxylamine groups is 2. The van der Waals surface area contributed by atoms with Crippen LogP contribution < -0.4 is 0 Å². The summed E-state index contributed by atoms with van der Waals surface area (Å²) in [5, 5.41) is 0.315. The molecule has 6 nitrogen and oxygen atoms in total. The van der Waals surface area contributed by atoms with Crippen molar-refractivity contribution >= 4 is 18.0 Å². The minimum absolute atomic E-state index is 0.0506. The Labute approximate surface area is 122 Å². The van der Waals surface area contributed by atoms with Crippen molar-refractivity contribution in [2.24, 2.45) is 0 Å². The summed E-state index contributed by atoms with van der Waals surface area (Å²) < 4.78 is 41.7. The molecule has 0 atom stereocenters. The molecule has 0 unspecified atom stereocenters. The van der Waals surface area contributed by atoms with Crippen molar-refractivity contribution in [2.75, 3.05) is 0 Å². The van der Waals surface area contributed by atoms with Crippen LogP contribution in [0.15, 0.2) is 24.3 Å². The highest BCUT2D eigenvalue weighted by Gasteiger charge is 2.33. The first kappa shape index (κ1) is 15.8. The Balaban J connectivity index is 1.86. The predicted octanol–water partition coefficient (Wildman–Crippen LogP) is 2.42. The van der Waals surface area contributed by atoms with Gasteiger partial charge < -0.3 is 4.74 Å². The summed E-state index contributed by atoms with van der Waals surface area (Å²) in [7, 11) is 0. The number of amides is 2. The first-order valence-electron chi connectivity index (χ1n) is 6.14. The molecule has 0 bridgehead atoms. The molecular weight excluding hydrogens is 307 g/mol.